The van der Waals surface area contributed by atoms with E-state index in [0.29, 0.717) is 29.3 Å². The van der Waals surface area contributed by atoms with Gasteiger partial charge in [-0.1, -0.05) is 24.4 Å². The minimum atomic E-state index is -0.862. The van der Waals surface area contributed by atoms with E-state index in [0.717, 1.165) is 12.8 Å². The molecule has 0 bridgehead atoms. The average molecular weight is 425 g/mol. The van der Waals surface area contributed by atoms with Gasteiger partial charge >= 0.3 is 5.97 Å². The largest absolute Gasteiger partial charge is 0.495 e. The lowest BCUT2D eigenvalue weighted by Gasteiger charge is -2.28. The molecule has 8 heteroatoms. The number of rotatable bonds is 7. The van der Waals surface area contributed by atoms with Crippen molar-refractivity contribution < 1.29 is 23.9 Å². The predicted octanol–water partition coefficient (Wildman–Crippen LogP) is 3.70. The standard InChI is InChI=1S/C21H29ClN2O5/c1-20(2,3)24-17(25)12-21(9-5-6-10-21)19(27)29-13-18(26)23-14-7-8-16(28-4)15(22)11-14/h7-8,11H,5-6,9-10,12-13H2,1-4H3,(H,23,26)(H,24,25). The maximum atomic E-state index is 12.7. The molecule has 1 aliphatic rings. The van der Waals surface area contributed by atoms with Gasteiger partial charge in [-0.05, 0) is 51.8 Å². The minimum absolute atomic E-state index is 0.0683. The number of hydrogen-bond donors (Lipinski definition) is 2. The van der Waals surface area contributed by atoms with Crippen molar-refractivity contribution in [3.05, 3.63) is 23.2 Å². The molecule has 1 saturated carbocycles. The number of carbonyl (C=O) groups is 3. The van der Waals surface area contributed by atoms with Crippen LogP contribution < -0.4 is 15.4 Å². The van der Waals surface area contributed by atoms with Crippen molar-refractivity contribution in [2.45, 2.75) is 58.4 Å². The molecule has 2 rings (SSSR count). The number of anilines is 1. The van der Waals surface area contributed by atoms with Gasteiger partial charge in [-0.3, -0.25) is 14.4 Å². The highest BCUT2D eigenvalue weighted by Gasteiger charge is 2.44. The number of carbonyl (C=O) groups excluding carboxylic acids is 3. The van der Waals surface area contributed by atoms with Crippen molar-refractivity contribution in [3.8, 4) is 5.75 Å². The molecule has 1 aliphatic carbocycles. The predicted molar refractivity (Wildman–Crippen MR) is 111 cm³/mol. The van der Waals surface area contributed by atoms with E-state index in [1.54, 1.807) is 18.2 Å². The molecule has 0 aromatic heterocycles. The Morgan fingerprint density at radius 1 is 1.14 bits per heavy atom. The topological polar surface area (TPSA) is 93.7 Å². The number of ether oxygens (including phenoxy) is 2. The number of hydrogen-bond acceptors (Lipinski definition) is 5. The van der Waals surface area contributed by atoms with Gasteiger partial charge in [-0.2, -0.15) is 0 Å². The molecule has 1 aromatic carbocycles. The Morgan fingerprint density at radius 2 is 1.79 bits per heavy atom. The first kappa shape index (κ1) is 23.0. The molecular formula is C21H29ClN2O5. The highest BCUT2D eigenvalue weighted by Crippen LogP contribution is 2.42. The fourth-order valence-electron chi connectivity index (χ4n) is 3.50. The van der Waals surface area contributed by atoms with Gasteiger partial charge in [0.25, 0.3) is 5.91 Å². The summed E-state index contributed by atoms with van der Waals surface area (Å²) in [6.07, 6.45) is 2.94. The minimum Gasteiger partial charge on any atom is -0.495 e. The third-order valence-corrected chi connectivity index (χ3v) is 5.07. The molecule has 0 radical (unpaired) electrons. The van der Waals surface area contributed by atoms with Crippen LogP contribution in [0.3, 0.4) is 0 Å². The molecule has 7 nitrogen and oxygen atoms in total. The van der Waals surface area contributed by atoms with E-state index >= 15 is 0 Å². The van der Waals surface area contributed by atoms with Crippen LogP contribution in [-0.4, -0.2) is 37.0 Å². The van der Waals surface area contributed by atoms with Crippen LogP contribution in [0.15, 0.2) is 18.2 Å². The molecule has 0 atom stereocenters. The molecule has 1 fully saturated rings. The van der Waals surface area contributed by atoms with Crippen LogP contribution in [0.2, 0.25) is 5.02 Å². The number of nitrogens with one attached hydrogen (secondary N) is 2. The Hall–Kier alpha value is -2.28. The van der Waals surface area contributed by atoms with Crippen LogP contribution in [0, 0.1) is 5.41 Å². The molecular weight excluding hydrogens is 396 g/mol. The summed E-state index contributed by atoms with van der Waals surface area (Å²) < 4.78 is 10.3. The van der Waals surface area contributed by atoms with Gasteiger partial charge < -0.3 is 20.1 Å². The average Bonchev–Trinajstić information content (AvgIpc) is 3.07. The van der Waals surface area contributed by atoms with Gasteiger partial charge in [0.05, 0.1) is 17.5 Å². The summed E-state index contributed by atoms with van der Waals surface area (Å²) in [6, 6.07) is 4.82. The van der Waals surface area contributed by atoms with Crippen LogP contribution in [0.1, 0.15) is 52.9 Å². The maximum Gasteiger partial charge on any atom is 0.313 e. The highest BCUT2D eigenvalue weighted by molar-refractivity contribution is 6.32. The first-order valence-electron chi connectivity index (χ1n) is 9.66. The molecule has 0 heterocycles. The summed E-state index contributed by atoms with van der Waals surface area (Å²) in [7, 11) is 1.50. The van der Waals surface area contributed by atoms with Crippen molar-refractivity contribution in [2.24, 2.45) is 5.41 Å². The second kappa shape index (κ2) is 9.48. The fraction of sp³-hybridized carbons (Fsp3) is 0.571. The summed E-state index contributed by atoms with van der Waals surface area (Å²) in [5.41, 5.74) is -0.767. The van der Waals surface area contributed by atoms with E-state index < -0.39 is 23.9 Å². The molecule has 0 saturated heterocycles. The van der Waals surface area contributed by atoms with Crippen molar-refractivity contribution in [1.29, 1.82) is 0 Å². The lowest BCUT2D eigenvalue weighted by atomic mass is 9.82. The quantitative estimate of drug-likeness (QED) is 0.651. The van der Waals surface area contributed by atoms with E-state index in [9.17, 15) is 14.4 Å². The van der Waals surface area contributed by atoms with Gasteiger partial charge in [0.2, 0.25) is 5.91 Å². The molecule has 0 unspecified atom stereocenters. The first-order chi connectivity index (χ1) is 13.5. The zero-order valence-electron chi connectivity index (χ0n) is 17.4. The summed E-state index contributed by atoms with van der Waals surface area (Å²) >= 11 is 6.04. The molecule has 160 valence electrons. The summed E-state index contributed by atoms with van der Waals surface area (Å²) in [5.74, 6) is -0.671. The number of benzene rings is 1. The van der Waals surface area contributed by atoms with E-state index in [1.165, 1.54) is 7.11 Å². The summed E-state index contributed by atoms with van der Waals surface area (Å²) in [4.78, 5) is 37.3. The molecule has 0 aliphatic heterocycles. The van der Waals surface area contributed by atoms with Crippen molar-refractivity contribution >= 4 is 35.1 Å². The van der Waals surface area contributed by atoms with Gasteiger partial charge in [0, 0.05) is 17.6 Å². The second-order valence-electron chi connectivity index (χ2n) is 8.44. The Balaban J connectivity index is 1.93. The molecule has 0 spiro atoms. The van der Waals surface area contributed by atoms with Crippen LogP contribution >= 0.6 is 11.6 Å². The van der Waals surface area contributed by atoms with Crippen molar-refractivity contribution in [1.82, 2.24) is 5.32 Å². The van der Waals surface area contributed by atoms with Gasteiger partial charge in [0.15, 0.2) is 6.61 Å². The van der Waals surface area contributed by atoms with Crippen molar-refractivity contribution in [2.75, 3.05) is 19.0 Å². The SMILES string of the molecule is COc1ccc(NC(=O)COC(=O)C2(CC(=O)NC(C)(C)C)CCCC2)cc1Cl. The monoisotopic (exact) mass is 424 g/mol. The third kappa shape index (κ3) is 6.63. The lowest BCUT2D eigenvalue weighted by molar-refractivity contribution is -0.160. The number of methoxy groups -OCH3 is 1. The Kier molecular flexibility index (Phi) is 7.52. The summed E-state index contributed by atoms with van der Waals surface area (Å²) in [6.45, 7) is 5.24. The van der Waals surface area contributed by atoms with Crippen LogP contribution in [-0.2, 0) is 19.1 Å². The van der Waals surface area contributed by atoms with Crippen molar-refractivity contribution in [3.63, 3.8) is 0 Å². The third-order valence-electron chi connectivity index (χ3n) is 4.78. The van der Waals surface area contributed by atoms with Crippen LogP contribution in [0.4, 0.5) is 5.69 Å². The fourth-order valence-corrected chi connectivity index (χ4v) is 3.76. The number of esters is 1. The van der Waals surface area contributed by atoms with E-state index in [-0.39, 0.29) is 17.9 Å². The van der Waals surface area contributed by atoms with E-state index in [1.807, 2.05) is 20.8 Å². The van der Waals surface area contributed by atoms with E-state index in [4.69, 9.17) is 21.1 Å². The zero-order valence-corrected chi connectivity index (χ0v) is 18.1. The Bertz CT molecular complexity index is 767. The van der Waals surface area contributed by atoms with Crippen LogP contribution in [0.5, 0.6) is 5.75 Å². The maximum absolute atomic E-state index is 12.7. The molecule has 29 heavy (non-hydrogen) atoms. The highest BCUT2D eigenvalue weighted by atomic mass is 35.5. The zero-order chi connectivity index (χ0) is 21.7. The smallest absolute Gasteiger partial charge is 0.313 e. The molecule has 1 aromatic rings. The molecule has 2 amide bonds. The second-order valence-corrected chi connectivity index (χ2v) is 8.84. The normalized spacial score (nSPS) is 15.5. The summed E-state index contributed by atoms with van der Waals surface area (Å²) in [5, 5.41) is 5.88. The van der Waals surface area contributed by atoms with Gasteiger partial charge in [0.1, 0.15) is 5.75 Å². The van der Waals surface area contributed by atoms with Gasteiger partial charge in [-0.25, -0.2) is 0 Å². The van der Waals surface area contributed by atoms with Crippen LogP contribution in [0.25, 0.3) is 0 Å². The number of halogens is 1. The Morgan fingerprint density at radius 3 is 2.34 bits per heavy atom. The Labute approximate surface area is 176 Å². The first-order valence-corrected chi connectivity index (χ1v) is 10.0. The van der Waals surface area contributed by atoms with Gasteiger partial charge in [-0.15, -0.1) is 0 Å². The molecule has 2 N–H and O–H groups in total. The number of amides is 2. The lowest BCUT2D eigenvalue weighted by Crippen LogP contribution is -2.44. The van der Waals surface area contributed by atoms with E-state index in [2.05, 4.69) is 10.6 Å².